The number of carbonyl (C=O) groups excluding carboxylic acids is 2. The minimum atomic E-state index is 0.0118. The maximum atomic E-state index is 12.8. The van der Waals surface area contributed by atoms with Gasteiger partial charge in [-0.3, -0.25) is 9.59 Å². The SMILES string of the molecule is Cc1ccccc1C(=O)N1CCC2(CC2C(=O)NCc2cccs2)C1. The van der Waals surface area contributed by atoms with Gasteiger partial charge in [-0.25, -0.2) is 0 Å². The lowest BCUT2D eigenvalue weighted by molar-refractivity contribution is -0.123. The molecule has 1 saturated heterocycles. The van der Waals surface area contributed by atoms with Crippen molar-refractivity contribution < 1.29 is 9.59 Å². The summed E-state index contributed by atoms with van der Waals surface area (Å²) in [4.78, 5) is 28.3. The highest BCUT2D eigenvalue weighted by atomic mass is 32.1. The molecule has 1 saturated carbocycles. The number of hydrogen-bond acceptors (Lipinski definition) is 3. The molecular weight excluding hydrogens is 332 g/mol. The predicted octanol–water partition coefficient (Wildman–Crippen LogP) is 3.23. The second-order valence-corrected chi connectivity index (χ2v) is 8.24. The van der Waals surface area contributed by atoms with Crippen molar-refractivity contribution in [1.29, 1.82) is 0 Å². The molecule has 2 unspecified atom stereocenters. The van der Waals surface area contributed by atoms with Gasteiger partial charge in [0.05, 0.1) is 6.54 Å². The molecule has 2 atom stereocenters. The monoisotopic (exact) mass is 354 g/mol. The van der Waals surface area contributed by atoms with E-state index in [0.717, 1.165) is 30.5 Å². The normalized spacial score (nSPS) is 24.5. The molecule has 1 spiro atoms. The lowest BCUT2D eigenvalue weighted by Gasteiger charge is -2.18. The Hall–Kier alpha value is -2.14. The van der Waals surface area contributed by atoms with Gasteiger partial charge in [0.15, 0.2) is 0 Å². The first-order chi connectivity index (χ1) is 12.1. The summed E-state index contributed by atoms with van der Waals surface area (Å²) in [5, 5.41) is 5.07. The van der Waals surface area contributed by atoms with E-state index >= 15 is 0 Å². The summed E-state index contributed by atoms with van der Waals surface area (Å²) >= 11 is 1.66. The summed E-state index contributed by atoms with van der Waals surface area (Å²) in [7, 11) is 0. The lowest BCUT2D eigenvalue weighted by Crippen LogP contribution is -2.31. The molecule has 1 N–H and O–H groups in total. The number of thiophene rings is 1. The second-order valence-electron chi connectivity index (χ2n) is 7.21. The van der Waals surface area contributed by atoms with Crippen molar-refractivity contribution in [1.82, 2.24) is 10.2 Å². The lowest BCUT2D eigenvalue weighted by atomic mass is 10.0. The zero-order valence-electron chi connectivity index (χ0n) is 14.3. The predicted molar refractivity (Wildman–Crippen MR) is 98.4 cm³/mol. The number of rotatable bonds is 4. The molecule has 2 fully saturated rings. The Morgan fingerprint density at radius 2 is 2.12 bits per heavy atom. The van der Waals surface area contributed by atoms with Crippen LogP contribution in [0.25, 0.3) is 0 Å². The van der Waals surface area contributed by atoms with Crippen molar-refractivity contribution in [2.75, 3.05) is 13.1 Å². The van der Waals surface area contributed by atoms with E-state index in [-0.39, 0.29) is 23.1 Å². The molecule has 4 nitrogen and oxygen atoms in total. The maximum absolute atomic E-state index is 12.8. The Morgan fingerprint density at radius 3 is 2.88 bits per heavy atom. The van der Waals surface area contributed by atoms with Gasteiger partial charge in [0.1, 0.15) is 0 Å². The largest absolute Gasteiger partial charge is 0.351 e. The van der Waals surface area contributed by atoms with Crippen molar-refractivity contribution in [3.05, 3.63) is 57.8 Å². The number of nitrogens with one attached hydrogen (secondary N) is 1. The highest BCUT2D eigenvalue weighted by Gasteiger charge is 2.61. The molecule has 130 valence electrons. The van der Waals surface area contributed by atoms with Crippen LogP contribution in [0.1, 0.15) is 33.6 Å². The second kappa shape index (κ2) is 6.30. The third-order valence-electron chi connectivity index (χ3n) is 5.57. The van der Waals surface area contributed by atoms with Crippen LogP contribution < -0.4 is 5.32 Å². The van der Waals surface area contributed by atoms with Crippen LogP contribution in [-0.2, 0) is 11.3 Å². The number of nitrogens with zero attached hydrogens (tertiary/aromatic N) is 1. The first-order valence-electron chi connectivity index (χ1n) is 8.74. The summed E-state index contributed by atoms with van der Waals surface area (Å²) in [6, 6.07) is 11.7. The van der Waals surface area contributed by atoms with E-state index < -0.39 is 0 Å². The molecule has 2 heterocycles. The summed E-state index contributed by atoms with van der Waals surface area (Å²) in [6.07, 6.45) is 1.84. The molecular formula is C20H22N2O2S. The van der Waals surface area contributed by atoms with E-state index in [2.05, 4.69) is 5.32 Å². The standard InChI is InChI=1S/C20H22N2O2S/c1-14-5-2-3-7-16(14)19(24)22-9-8-20(13-22)11-17(20)18(23)21-12-15-6-4-10-25-15/h2-7,10,17H,8-9,11-13H2,1H3,(H,21,23). The third kappa shape index (κ3) is 3.09. The van der Waals surface area contributed by atoms with Gasteiger partial charge in [0.25, 0.3) is 5.91 Å². The molecule has 0 bridgehead atoms. The molecule has 1 aliphatic heterocycles. The average molecular weight is 354 g/mol. The van der Waals surface area contributed by atoms with Crippen LogP contribution in [0.5, 0.6) is 0 Å². The number of carbonyl (C=O) groups is 2. The van der Waals surface area contributed by atoms with Gasteiger partial charge < -0.3 is 10.2 Å². The van der Waals surface area contributed by atoms with Gasteiger partial charge in [0.2, 0.25) is 5.91 Å². The first-order valence-corrected chi connectivity index (χ1v) is 9.62. The molecule has 2 aliphatic rings. The molecule has 0 radical (unpaired) electrons. The van der Waals surface area contributed by atoms with Gasteiger partial charge >= 0.3 is 0 Å². The smallest absolute Gasteiger partial charge is 0.254 e. The van der Waals surface area contributed by atoms with Crippen molar-refractivity contribution in [3.8, 4) is 0 Å². The van der Waals surface area contributed by atoms with Gasteiger partial charge in [-0.1, -0.05) is 24.3 Å². The third-order valence-corrected chi connectivity index (χ3v) is 6.45. The van der Waals surface area contributed by atoms with Crippen LogP contribution in [0.3, 0.4) is 0 Å². The number of aryl methyl sites for hydroxylation is 1. The van der Waals surface area contributed by atoms with E-state index in [1.165, 1.54) is 4.88 Å². The zero-order chi connectivity index (χ0) is 17.4. The number of hydrogen-bond donors (Lipinski definition) is 1. The fourth-order valence-electron chi connectivity index (χ4n) is 3.93. The van der Waals surface area contributed by atoms with Crippen LogP contribution in [0.4, 0.5) is 0 Å². The molecule has 2 amide bonds. The topological polar surface area (TPSA) is 49.4 Å². The summed E-state index contributed by atoms with van der Waals surface area (Å²) < 4.78 is 0. The number of likely N-dealkylation sites (tertiary alicyclic amines) is 1. The van der Waals surface area contributed by atoms with Crippen LogP contribution >= 0.6 is 11.3 Å². The van der Waals surface area contributed by atoms with E-state index in [9.17, 15) is 9.59 Å². The minimum absolute atomic E-state index is 0.0118. The molecule has 1 aliphatic carbocycles. The quantitative estimate of drug-likeness (QED) is 0.916. The Kier molecular flexibility index (Phi) is 4.12. The average Bonchev–Trinajstić information content (AvgIpc) is 2.96. The fraction of sp³-hybridized carbons (Fsp3) is 0.400. The fourth-order valence-corrected chi connectivity index (χ4v) is 4.58. The van der Waals surface area contributed by atoms with Gasteiger partial charge in [-0.2, -0.15) is 0 Å². The van der Waals surface area contributed by atoms with E-state index in [1.54, 1.807) is 11.3 Å². The Labute approximate surface area is 151 Å². The van der Waals surface area contributed by atoms with Crippen molar-refractivity contribution in [3.63, 3.8) is 0 Å². The summed E-state index contributed by atoms with van der Waals surface area (Å²) in [5.74, 6) is 0.292. The van der Waals surface area contributed by atoms with Gasteiger partial charge in [-0.15, -0.1) is 11.3 Å². The van der Waals surface area contributed by atoms with Crippen LogP contribution in [0.2, 0.25) is 0 Å². The summed E-state index contributed by atoms with van der Waals surface area (Å²) in [5.41, 5.74) is 1.80. The van der Waals surface area contributed by atoms with E-state index in [0.29, 0.717) is 13.1 Å². The van der Waals surface area contributed by atoms with Crippen molar-refractivity contribution in [2.24, 2.45) is 11.3 Å². The molecule has 4 rings (SSSR count). The molecule has 5 heteroatoms. The van der Waals surface area contributed by atoms with Gasteiger partial charge in [-0.05, 0) is 42.8 Å². The van der Waals surface area contributed by atoms with Crippen molar-refractivity contribution >= 4 is 23.2 Å². The Bertz CT molecular complexity index is 802. The minimum Gasteiger partial charge on any atom is -0.351 e. The molecule has 25 heavy (non-hydrogen) atoms. The van der Waals surface area contributed by atoms with Crippen LogP contribution in [-0.4, -0.2) is 29.8 Å². The van der Waals surface area contributed by atoms with Gasteiger partial charge in [0, 0.05) is 34.9 Å². The zero-order valence-corrected chi connectivity index (χ0v) is 15.1. The van der Waals surface area contributed by atoms with Crippen LogP contribution in [0, 0.1) is 18.3 Å². The first kappa shape index (κ1) is 16.3. The Balaban J connectivity index is 1.36. The summed E-state index contributed by atoms with van der Waals surface area (Å²) in [6.45, 7) is 4.03. The Morgan fingerprint density at radius 1 is 1.28 bits per heavy atom. The van der Waals surface area contributed by atoms with E-state index in [4.69, 9.17) is 0 Å². The number of amides is 2. The highest BCUT2D eigenvalue weighted by Crippen LogP contribution is 2.58. The molecule has 2 aromatic rings. The van der Waals surface area contributed by atoms with Crippen molar-refractivity contribution in [2.45, 2.75) is 26.3 Å². The highest BCUT2D eigenvalue weighted by molar-refractivity contribution is 7.09. The van der Waals surface area contributed by atoms with E-state index in [1.807, 2.05) is 53.6 Å². The molecule has 1 aromatic carbocycles. The van der Waals surface area contributed by atoms with Crippen LogP contribution in [0.15, 0.2) is 41.8 Å². The maximum Gasteiger partial charge on any atom is 0.254 e. The molecule has 1 aromatic heterocycles. The number of benzene rings is 1.